The summed E-state index contributed by atoms with van der Waals surface area (Å²) in [5.41, 5.74) is 0.765. The van der Waals surface area contributed by atoms with E-state index in [2.05, 4.69) is 30.0 Å². The topological polar surface area (TPSA) is 36.4 Å². The largest absolute Gasteiger partial charge is 0.390 e. The lowest BCUT2D eigenvalue weighted by atomic mass is 10.1. The summed E-state index contributed by atoms with van der Waals surface area (Å²) >= 11 is 0. The first kappa shape index (κ1) is 13.4. The molecular weight excluding hydrogens is 248 g/mol. The Morgan fingerprint density at radius 2 is 2.10 bits per heavy atom. The zero-order valence-electron chi connectivity index (χ0n) is 12.0. The maximum absolute atomic E-state index is 9.45. The predicted molar refractivity (Wildman–Crippen MR) is 82.9 cm³/mol. The molecule has 2 aromatic rings. The smallest absolute Gasteiger partial charge is 0.137 e. The normalized spacial score (nSPS) is 14.7. The van der Waals surface area contributed by atoms with E-state index in [0.29, 0.717) is 6.04 Å². The maximum Gasteiger partial charge on any atom is 0.137 e. The van der Waals surface area contributed by atoms with Crippen LogP contribution in [0.1, 0.15) is 38.3 Å². The van der Waals surface area contributed by atoms with E-state index in [1.807, 2.05) is 12.1 Å². The number of aliphatic hydroxyl groups excluding tert-OH is 1. The molecule has 3 nitrogen and oxygen atoms in total. The van der Waals surface area contributed by atoms with Gasteiger partial charge in [-0.05, 0) is 30.7 Å². The zero-order valence-corrected chi connectivity index (χ0v) is 12.0. The van der Waals surface area contributed by atoms with Crippen molar-refractivity contribution in [2.75, 3.05) is 11.4 Å². The van der Waals surface area contributed by atoms with Gasteiger partial charge in [0.25, 0.3) is 0 Å². The fourth-order valence-corrected chi connectivity index (χ4v) is 2.71. The Labute approximate surface area is 120 Å². The van der Waals surface area contributed by atoms with Crippen LogP contribution in [-0.4, -0.2) is 22.7 Å². The first-order chi connectivity index (χ1) is 9.83. The third-order valence-corrected chi connectivity index (χ3v) is 3.95. The van der Waals surface area contributed by atoms with Crippen molar-refractivity contribution < 1.29 is 5.11 Å². The van der Waals surface area contributed by atoms with Crippen molar-refractivity contribution in [3.63, 3.8) is 0 Å². The fourth-order valence-electron chi connectivity index (χ4n) is 2.71. The molecule has 3 heteroatoms. The van der Waals surface area contributed by atoms with Gasteiger partial charge in [-0.25, -0.2) is 4.98 Å². The van der Waals surface area contributed by atoms with Crippen LogP contribution in [0.3, 0.4) is 0 Å². The lowest BCUT2D eigenvalue weighted by Crippen LogP contribution is -2.28. The lowest BCUT2D eigenvalue weighted by Gasteiger charge is -2.25. The molecule has 0 unspecified atom stereocenters. The third kappa shape index (κ3) is 2.63. The van der Waals surface area contributed by atoms with Crippen LogP contribution in [0.5, 0.6) is 0 Å². The number of aromatic nitrogens is 1. The molecule has 1 heterocycles. The van der Waals surface area contributed by atoms with E-state index >= 15 is 0 Å². The molecule has 3 rings (SSSR count). The molecule has 0 aliphatic heterocycles. The highest BCUT2D eigenvalue weighted by Gasteiger charge is 2.30. The van der Waals surface area contributed by atoms with E-state index in [0.717, 1.165) is 18.1 Å². The molecule has 1 aromatic heterocycles. The number of fused-ring (bicyclic) bond motifs is 1. The van der Waals surface area contributed by atoms with Crippen LogP contribution in [0, 0.1) is 0 Å². The second-order valence-corrected chi connectivity index (χ2v) is 5.59. The summed E-state index contributed by atoms with van der Waals surface area (Å²) in [6.07, 6.45) is 4.92. The molecule has 1 aliphatic rings. The van der Waals surface area contributed by atoms with Gasteiger partial charge in [-0.3, -0.25) is 0 Å². The van der Waals surface area contributed by atoms with Crippen LogP contribution in [0.4, 0.5) is 5.82 Å². The Bertz CT molecular complexity index is 593. The maximum atomic E-state index is 9.45. The number of hydrogen-bond acceptors (Lipinski definition) is 3. The molecule has 0 bridgehead atoms. The van der Waals surface area contributed by atoms with Gasteiger partial charge in [0.15, 0.2) is 0 Å². The number of unbranched alkanes of at least 4 members (excludes halogenated alkanes) is 1. The quantitative estimate of drug-likeness (QED) is 0.872. The second-order valence-electron chi connectivity index (χ2n) is 5.59. The Kier molecular flexibility index (Phi) is 3.88. The van der Waals surface area contributed by atoms with Crippen LogP contribution >= 0.6 is 0 Å². The van der Waals surface area contributed by atoms with Crippen molar-refractivity contribution >= 4 is 16.6 Å². The molecule has 20 heavy (non-hydrogen) atoms. The summed E-state index contributed by atoms with van der Waals surface area (Å²) < 4.78 is 0. The van der Waals surface area contributed by atoms with Crippen molar-refractivity contribution in [1.29, 1.82) is 0 Å². The third-order valence-electron chi connectivity index (χ3n) is 3.95. The number of hydrogen-bond donors (Lipinski definition) is 1. The molecule has 1 aliphatic carbocycles. The lowest BCUT2D eigenvalue weighted by molar-refractivity contribution is 0.277. The van der Waals surface area contributed by atoms with Gasteiger partial charge in [-0.2, -0.15) is 0 Å². The Morgan fingerprint density at radius 3 is 2.80 bits per heavy atom. The standard InChI is InChI=1S/C17H22N2O/c1-2-3-10-19(15-8-9-15)17-16-7-5-4-6-13(16)11-14(12-20)18-17/h4-7,11,15,20H,2-3,8-10,12H2,1H3. The molecule has 1 aromatic carbocycles. The summed E-state index contributed by atoms with van der Waals surface area (Å²) in [7, 11) is 0. The molecule has 0 radical (unpaired) electrons. The minimum atomic E-state index is 0.00409. The number of nitrogens with zero attached hydrogens (tertiary/aromatic N) is 2. The van der Waals surface area contributed by atoms with Crippen LogP contribution in [0.25, 0.3) is 10.8 Å². The number of pyridine rings is 1. The molecule has 1 N–H and O–H groups in total. The van der Waals surface area contributed by atoms with Crippen LogP contribution in [0.2, 0.25) is 0 Å². The van der Waals surface area contributed by atoms with Gasteiger partial charge in [-0.1, -0.05) is 37.6 Å². The van der Waals surface area contributed by atoms with Crippen molar-refractivity contribution in [2.45, 2.75) is 45.3 Å². The van der Waals surface area contributed by atoms with Crippen molar-refractivity contribution in [2.24, 2.45) is 0 Å². The minimum Gasteiger partial charge on any atom is -0.390 e. The van der Waals surface area contributed by atoms with Gasteiger partial charge >= 0.3 is 0 Å². The summed E-state index contributed by atoms with van der Waals surface area (Å²) in [5, 5.41) is 11.8. The van der Waals surface area contributed by atoms with Gasteiger partial charge in [0.1, 0.15) is 5.82 Å². The van der Waals surface area contributed by atoms with Gasteiger partial charge in [0, 0.05) is 18.0 Å². The fraction of sp³-hybridized carbons (Fsp3) is 0.471. The first-order valence-electron chi connectivity index (χ1n) is 7.59. The molecular formula is C17H22N2O. The summed E-state index contributed by atoms with van der Waals surface area (Å²) in [6.45, 7) is 3.29. The highest BCUT2D eigenvalue weighted by molar-refractivity contribution is 5.92. The van der Waals surface area contributed by atoms with Gasteiger partial charge < -0.3 is 10.0 Å². The van der Waals surface area contributed by atoms with E-state index in [4.69, 9.17) is 4.98 Å². The molecule has 0 saturated heterocycles. The average Bonchev–Trinajstić information content (AvgIpc) is 3.32. The van der Waals surface area contributed by atoms with E-state index in [-0.39, 0.29) is 6.61 Å². The average molecular weight is 270 g/mol. The number of benzene rings is 1. The SMILES string of the molecule is CCCCN(c1nc(CO)cc2ccccc12)C1CC1. The van der Waals surface area contributed by atoms with Crippen molar-refractivity contribution in [3.05, 3.63) is 36.0 Å². The van der Waals surface area contributed by atoms with Crippen LogP contribution < -0.4 is 4.90 Å². The number of anilines is 1. The summed E-state index contributed by atoms with van der Waals surface area (Å²) in [6, 6.07) is 11.0. The van der Waals surface area contributed by atoms with E-state index in [1.165, 1.54) is 36.5 Å². The van der Waals surface area contributed by atoms with E-state index in [9.17, 15) is 5.11 Å². The zero-order chi connectivity index (χ0) is 13.9. The van der Waals surface area contributed by atoms with E-state index < -0.39 is 0 Å². The van der Waals surface area contributed by atoms with Crippen LogP contribution in [0.15, 0.2) is 30.3 Å². The summed E-state index contributed by atoms with van der Waals surface area (Å²) in [4.78, 5) is 7.16. The predicted octanol–water partition coefficient (Wildman–Crippen LogP) is 3.50. The molecule has 1 fully saturated rings. The van der Waals surface area contributed by atoms with Crippen molar-refractivity contribution in [1.82, 2.24) is 4.98 Å². The number of aliphatic hydroxyl groups is 1. The van der Waals surface area contributed by atoms with E-state index in [1.54, 1.807) is 0 Å². The molecule has 106 valence electrons. The minimum absolute atomic E-state index is 0.00409. The highest BCUT2D eigenvalue weighted by atomic mass is 16.3. The highest BCUT2D eigenvalue weighted by Crippen LogP contribution is 2.35. The Morgan fingerprint density at radius 1 is 1.30 bits per heavy atom. The Hall–Kier alpha value is -1.61. The van der Waals surface area contributed by atoms with Gasteiger partial charge in [0.05, 0.1) is 12.3 Å². The van der Waals surface area contributed by atoms with Crippen molar-refractivity contribution in [3.8, 4) is 0 Å². The molecule has 1 saturated carbocycles. The van der Waals surface area contributed by atoms with Crippen LogP contribution in [-0.2, 0) is 6.61 Å². The summed E-state index contributed by atoms with van der Waals surface area (Å²) in [5.74, 6) is 1.06. The second kappa shape index (κ2) is 5.80. The van der Waals surface area contributed by atoms with Gasteiger partial charge in [0.2, 0.25) is 0 Å². The monoisotopic (exact) mass is 270 g/mol. The van der Waals surface area contributed by atoms with Gasteiger partial charge in [-0.15, -0.1) is 0 Å². The number of rotatable bonds is 6. The molecule has 0 amide bonds. The molecule has 0 atom stereocenters. The molecule has 0 spiro atoms. The Balaban J connectivity index is 2.06. The first-order valence-corrected chi connectivity index (χ1v) is 7.59.